The second-order valence-electron chi connectivity index (χ2n) is 4.14. The zero-order valence-electron chi connectivity index (χ0n) is 10.5. The minimum absolute atomic E-state index is 0.0555. The first-order valence-electron chi connectivity index (χ1n) is 5.74. The van der Waals surface area contributed by atoms with Crippen LogP contribution < -0.4 is 11.1 Å². The molecule has 3 nitrogen and oxygen atoms in total. The minimum Gasteiger partial charge on any atom is -0.389 e. The van der Waals surface area contributed by atoms with Gasteiger partial charge in [0.25, 0.3) is 5.91 Å². The maximum atomic E-state index is 13.4. The predicted molar refractivity (Wildman–Crippen MR) is 86.7 cm³/mol. The van der Waals surface area contributed by atoms with Crippen LogP contribution in [0.2, 0.25) is 10.0 Å². The lowest BCUT2D eigenvalue weighted by Crippen LogP contribution is -2.14. The second-order valence-corrected chi connectivity index (χ2v) is 5.40. The van der Waals surface area contributed by atoms with Gasteiger partial charge in [-0.2, -0.15) is 0 Å². The van der Waals surface area contributed by atoms with Crippen molar-refractivity contribution in [1.82, 2.24) is 0 Å². The summed E-state index contributed by atoms with van der Waals surface area (Å²) in [7, 11) is 0. The van der Waals surface area contributed by atoms with E-state index in [0.29, 0.717) is 16.3 Å². The van der Waals surface area contributed by atoms with E-state index in [1.54, 1.807) is 18.2 Å². The number of halogens is 3. The van der Waals surface area contributed by atoms with Gasteiger partial charge in [0, 0.05) is 11.1 Å². The summed E-state index contributed by atoms with van der Waals surface area (Å²) < 4.78 is 13.4. The smallest absolute Gasteiger partial charge is 0.255 e. The molecule has 0 saturated heterocycles. The second kappa shape index (κ2) is 6.39. The molecule has 0 bridgehead atoms. The third-order valence-corrected chi connectivity index (χ3v) is 3.55. The Morgan fingerprint density at radius 1 is 1.10 bits per heavy atom. The van der Waals surface area contributed by atoms with Crippen LogP contribution in [0, 0.1) is 5.82 Å². The molecule has 0 atom stereocenters. The molecular weight excluding hydrogens is 334 g/mol. The molecule has 2 rings (SSSR count). The highest BCUT2D eigenvalue weighted by atomic mass is 35.5. The first-order valence-corrected chi connectivity index (χ1v) is 6.90. The van der Waals surface area contributed by atoms with Crippen molar-refractivity contribution in [3.05, 3.63) is 63.4 Å². The van der Waals surface area contributed by atoms with Crippen LogP contribution in [0.15, 0.2) is 36.4 Å². The van der Waals surface area contributed by atoms with Crippen LogP contribution in [-0.2, 0) is 0 Å². The molecule has 108 valence electrons. The third-order valence-electron chi connectivity index (χ3n) is 2.68. The largest absolute Gasteiger partial charge is 0.389 e. The van der Waals surface area contributed by atoms with Gasteiger partial charge in [0.2, 0.25) is 0 Å². The number of nitrogens with one attached hydrogen (secondary N) is 1. The van der Waals surface area contributed by atoms with Crippen molar-refractivity contribution in [3.8, 4) is 0 Å². The highest BCUT2D eigenvalue weighted by Gasteiger charge is 2.12. The summed E-state index contributed by atoms with van der Waals surface area (Å²) >= 11 is 16.4. The highest BCUT2D eigenvalue weighted by molar-refractivity contribution is 7.80. The number of thiocarbonyl (C=S) groups is 1. The summed E-state index contributed by atoms with van der Waals surface area (Å²) in [6.45, 7) is 0. The number of carbonyl (C=O) groups is 1. The van der Waals surface area contributed by atoms with E-state index in [4.69, 9.17) is 41.2 Å². The van der Waals surface area contributed by atoms with Gasteiger partial charge in [-0.05, 0) is 30.3 Å². The molecule has 0 aliphatic heterocycles. The molecule has 0 unspecified atom stereocenters. The Bertz CT molecular complexity index is 737. The van der Waals surface area contributed by atoms with Gasteiger partial charge >= 0.3 is 0 Å². The molecule has 2 aromatic rings. The van der Waals surface area contributed by atoms with Gasteiger partial charge in [-0.25, -0.2) is 4.39 Å². The summed E-state index contributed by atoms with van der Waals surface area (Å²) in [5.41, 5.74) is 6.54. The number of rotatable bonds is 3. The monoisotopic (exact) mass is 342 g/mol. The van der Waals surface area contributed by atoms with Crippen LogP contribution >= 0.6 is 35.4 Å². The van der Waals surface area contributed by atoms with Crippen molar-refractivity contribution < 1.29 is 9.18 Å². The van der Waals surface area contributed by atoms with Crippen LogP contribution in [-0.4, -0.2) is 10.9 Å². The standard InChI is InChI=1S/C14H9Cl2FN2OS/c15-9-3-2-8(5-11(9)17)14(20)19-12-6-7(13(18)21)1-4-10(12)16/h1-6H,(H2,18,21)(H,19,20). The van der Waals surface area contributed by atoms with Crippen LogP contribution in [0.5, 0.6) is 0 Å². The number of carbonyl (C=O) groups excluding carboxylic acids is 1. The lowest BCUT2D eigenvalue weighted by Gasteiger charge is -2.09. The first kappa shape index (κ1) is 15.7. The fraction of sp³-hybridized carbons (Fsp3) is 0. The fourth-order valence-corrected chi connectivity index (χ4v) is 2.02. The minimum atomic E-state index is -0.674. The molecule has 1 amide bonds. The van der Waals surface area contributed by atoms with Gasteiger partial charge in [0.1, 0.15) is 10.8 Å². The topological polar surface area (TPSA) is 55.1 Å². The molecule has 0 heterocycles. The van der Waals surface area contributed by atoms with E-state index in [9.17, 15) is 9.18 Å². The van der Waals surface area contributed by atoms with Gasteiger partial charge in [-0.3, -0.25) is 4.79 Å². The Hall–Kier alpha value is -1.69. The molecule has 0 radical (unpaired) electrons. The Balaban J connectivity index is 2.28. The first-order chi connectivity index (χ1) is 9.88. The van der Waals surface area contributed by atoms with E-state index < -0.39 is 11.7 Å². The Kier molecular flexibility index (Phi) is 4.77. The van der Waals surface area contributed by atoms with Crippen molar-refractivity contribution in [2.75, 3.05) is 5.32 Å². The third kappa shape index (κ3) is 3.69. The quantitative estimate of drug-likeness (QED) is 0.828. The van der Waals surface area contributed by atoms with Crippen molar-refractivity contribution in [1.29, 1.82) is 0 Å². The lowest BCUT2D eigenvalue weighted by atomic mass is 10.1. The number of nitrogens with two attached hydrogens (primary N) is 1. The van der Waals surface area contributed by atoms with E-state index in [-0.39, 0.29) is 15.6 Å². The maximum absolute atomic E-state index is 13.4. The van der Waals surface area contributed by atoms with Gasteiger partial charge in [0.15, 0.2) is 0 Å². The van der Waals surface area contributed by atoms with E-state index >= 15 is 0 Å². The molecule has 7 heteroatoms. The van der Waals surface area contributed by atoms with Gasteiger partial charge in [-0.15, -0.1) is 0 Å². The molecule has 0 aromatic heterocycles. The Labute approximate surface area is 135 Å². The summed E-state index contributed by atoms with van der Waals surface area (Å²) in [6.07, 6.45) is 0. The van der Waals surface area contributed by atoms with Crippen molar-refractivity contribution in [2.45, 2.75) is 0 Å². The zero-order valence-corrected chi connectivity index (χ0v) is 12.8. The van der Waals surface area contributed by atoms with E-state index in [2.05, 4.69) is 5.32 Å². The number of benzene rings is 2. The average molecular weight is 343 g/mol. The van der Waals surface area contributed by atoms with E-state index in [1.807, 2.05) is 0 Å². The maximum Gasteiger partial charge on any atom is 0.255 e. The van der Waals surface area contributed by atoms with E-state index in [0.717, 1.165) is 6.07 Å². The SMILES string of the molecule is NC(=S)c1ccc(Cl)c(NC(=O)c2ccc(Cl)c(F)c2)c1. The lowest BCUT2D eigenvalue weighted by molar-refractivity contribution is 0.102. The normalized spacial score (nSPS) is 10.2. The summed E-state index contributed by atoms with van der Waals surface area (Å²) in [4.78, 5) is 12.2. The van der Waals surface area contributed by atoms with Crippen molar-refractivity contribution in [2.24, 2.45) is 5.73 Å². The number of hydrogen-bond donors (Lipinski definition) is 2. The molecule has 3 N–H and O–H groups in total. The molecule has 0 saturated carbocycles. The predicted octanol–water partition coefficient (Wildman–Crippen LogP) is 4.02. The van der Waals surface area contributed by atoms with Gasteiger partial charge in [-0.1, -0.05) is 41.5 Å². The number of amides is 1. The van der Waals surface area contributed by atoms with Crippen LogP contribution in [0.3, 0.4) is 0 Å². The van der Waals surface area contributed by atoms with Crippen molar-refractivity contribution in [3.63, 3.8) is 0 Å². The van der Waals surface area contributed by atoms with Crippen LogP contribution in [0.4, 0.5) is 10.1 Å². The van der Waals surface area contributed by atoms with Gasteiger partial charge < -0.3 is 11.1 Å². The summed E-state index contributed by atoms with van der Waals surface area (Å²) in [5.74, 6) is -1.19. The molecule has 0 spiro atoms. The highest BCUT2D eigenvalue weighted by Crippen LogP contribution is 2.24. The molecular formula is C14H9Cl2FN2OS. The number of anilines is 1. The molecule has 0 aliphatic rings. The van der Waals surface area contributed by atoms with E-state index in [1.165, 1.54) is 12.1 Å². The zero-order chi connectivity index (χ0) is 15.6. The summed E-state index contributed by atoms with van der Waals surface area (Å²) in [5, 5.41) is 2.83. The average Bonchev–Trinajstić information content (AvgIpc) is 2.43. The molecule has 0 aliphatic carbocycles. The number of hydrogen-bond acceptors (Lipinski definition) is 2. The summed E-state index contributed by atoms with van der Waals surface area (Å²) in [6, 6.07) is 8.51. The van der Waals surface area contributed by atoms with Crippen molar-refractivity contribution >= 4 is 52.0 Å². The molecule has 21 heavy (non-hydrogen) atoms. The fourth-order valence-electron chi connectivity index (χ4n) is 1.61. The van der Waals surface area contributed by atoms with Crippen LogP contribution in [0.1, 0.15) is 15.9 Å². The Morgan fingerprint density at radius 3 is 2.33 bits per heavy atom. The van der Waals surface area contributed by atoms with Crippen LogP contribution in [0.25, 0.3) is 0 Å². The molecule has 0 fully saturated rings. The van der Waals surface area contributed by atoms with Gasteiger partial charge in [0.05, 0.1) is 15.7 Å². The Morgan fingerprint density at radius 2 is 1.71 bits per heavy atom. The molecule has 2 aromatic carbocycles.